The van der Waals surface area contributed by atoms with Crippen LogP contribution < -0.4 is 0 Å². The molecule has 0 aliphatic heterocycles. The molecule has 0 atom stereocenters. The molecule has 16 heavy (non-hydrogen) atoms. The number of carbonyl (C=O) groups is 1. The van der Waals surface area contributed by atoms with Crippen LogP contribution in [-0.2, 0) is 0 Å². The summed E-state index contributed by atoms with van der Waals surface area (Å²) in [7, 11) is 0. The van der Waals surface area contributed by atoms with E-state index in [1.807, 2.05) is 24.3 Å². The monoisotopic (exact) mass is 297 g/mol. The first-order chi connectivity index (χ1) is 7.59. The maximum Gasteiger partial charge on any atom is 0.339 e. The molecule has 1 N–H and O–H groups in total. The van der Waals surface area contributed by atoms with E-state index in [2.05, 4.69) is 20.3 Å². The van der Waals surface area contributed by atoms with Crippen LogP contribution >= 0.6 is 27.5 Å². The highest BCUT2D eigenvalue weighted by atomic mass is 79.9. The minimum atomic E-state index is -0.927. The van der Waals surface area contributed by atoms with E-state index in [1.54, 1.807) is 6.92 Å². The lowest BCUT2D eigenvalue weighted by Crippen LogP contribution is -1.98. The fraction of sp³-hybridized carbons (Fsp3) is 0.0909. The number of halogens is 1. The van der Waals surface area contributed by atoms with Crippen LogP contribution in [0.1, 0.15) is 15.2 Å². The molecule has 3 nitrogen and oxygen atoms in total. The lowest BCUT2D eigenvalue weighted by molar-refractivity contribution is 0.0697. The summed E-state index contributed by atoms with van der Waals surface area (Å²) < 4.78 is 5.14. The van der Waals surface area contributed by atoms with Crippen molar-refractivity contribution in [1.82, 2.24) is 4.37 Å². The van der Waals surface area contributed by atoms with Crippen molar-refractivity contribution in [3.8, 4) is 11.3 Å². The molecule has 1 aromatic heterocycles. The molecule has 0 bridgehead atoms. The van der Waals surface area contributed by atoms with E-state index in [0.717, 1.165) is 14.9 Å². The summed E-state index contributed by atoms with van der Waals surface area (Å²) in [5, 5.41) is 9.11. The van der Waals surface area contributed by atoms with Crippen LogP contribution in [0.2, 0.25) is 0 Å². The van der Waals surface area contributed by atoms with Gasteiger partial charge >= 0.3 is 5.97 Å². The fourth-order valence-corrected chi connectivity index (χ4v) is 2.39. The maximum atomic E-state index is 11.1. The number of hydrogen-bond donors (Lipinski definition) is 1. The second kappa shape index (κ2) is 4.35. The van der Waals surface area contributed by atoms with E-state index in [4.69, 9.17) is 5.11 Å². The minimum absolute atomic E-state index is 0.298. The molecule has 0 amide bonds. The predicted octanol–water partition coefficient (Wildman–Crippen LogP) is 3.58. The highest BCUT2D eigenvalue weighted by Crippen LogP contribution is 2.28. The molecule has 0 saturated carbocycles. The Kier molecular flexibility index (Phi) is 3.07. The number of benzene rings is 1. The van der Waals surface area contributed by atoms with Gasteiger partial charge in [-0.3, -0.25) is 0 Å². The second-order valence-electron chi connectivity index (χ2n) is 3.27. The zero-order chi connectivity index (χ0) is 11.7. The molecule has 0 saturated heterocycles. The van der Waals surface area contributed by atoms with Crippen LogP contribution in [0.15, 0.2) is 28.7 Å². The lowest BCUT2D eigenvalue weighted by Gasteiger charge is -1.99. The third-order valence-corrected chi connectivity index (χ3v) is 3.47. The van der Waals surface area contributed by atoms with Crippen molar-refractivity contribution in [3.63, 3.8) is 0 Å². The topological polar surface area (TPSA) is 50.2 Å². The Morgan fingerprint density at radius 1 is 1.38 bits per heavy atom. The van der Waals surface area contributed by atoms with E-state index in [9.17, 15) is 4.79 Å². The van der Waals surface area contributed by atoms with Crippen molar-refractivity contribution in [3.05, 3.63) is 39.2 Å². The van der Waals surface area contributed by atoms with Gasteiger partial charge in [-0.25, -0.2) is 4.79 Å². The van der Waals surface area contributed by atoms with Crippen molar-refractivity contribution in [2.24, 2.45) is 0 Å². The molecule has 0 fully saturated rings. The number of aromatic carboxylic acids is 1. The first kappa shape index (κ1) is 11.3. The summed E-state index contributed by atoms with van der Waals surface area (Å²) in [5.41, 5.74) is 1.67. The average molecular weight is 298 g/mol. The predicted molar refractivity (Wildman–Crippen MR) is 66.9 cm³/mol. The van der Waals surface area contributed by atoms with E-state index in [0.29, 0.717) is 11.3 Å². The van der Waals surface area contributed by atoms with Crippen molar-refractivity contribution >= 4 is 33.4 Å². The lowest BCUT2D eigenvalue weighted by atomic mass is 10.1. The molecular weight excluding hydrogens is 290 g/mol. The molecular formula is C11H8BrNO2S. The Bertz CT molecular complexity index is 533. The van der Waals surface area contributed by atoms with Crippen LogP contribution in [0, 0.1) is 6.92 Å². The summed E-state index contributed by atoms with van der Waals surface area (Å²) in [5.74, 6) is -0.927. The molecule has 1 heterocycles. The quantitative estimate of drug-likeness (QED) is 0.922. The van der Waals surface area contributed by atoms with Crippen LogP contribution in [0.3, 0.4) is 0 Å². The Balaban J connectivity index is 2.56. The highest BCUT2D eigenvalue weighted by Gasteiger charge is 2.18. The first-order valence-corrected chi connectivity index (χ1v) is 6.11. The van der Waals surface area contributed by atoms with Crippen molar-refractivity contribution < 1.29 is 9.90 Å². The van der Waals surface area contributed by atoms with E-state index < -0.39 is 5.97 Å². The van der Waals surface area contributed by atoms with Gasteiger partial charge in [0.2, 0.25) is 0 Å². The molecule has 2 rings (SSSR count). The van der Waals surface area contributed by atoms with Gasteiger partial charge in [-0.15, -0.1) is 0 Å². The Morgan fingerprint density at radius 2 is 2.00 bits per heavy atom. The van der Waals surface area contributed by atoms with Gasteiger partial charge in [0, 0.05) is 14.9 Å². The molecule has 82 valence electrons. The van der Waals surface area contributed by atoms with Crippen LogP contribution in [0.5, 0.6) is 0 Å². The molecule has 1 aromatic carbocycles. The van der Waals surface area contributed by atoms with Gasteiger partial charge in [0.05, 0.1) is 5.69 Å². The molecule has 0 radical (unpaired) electrons. The van der Waals surface area contributed by atoms with Crippen LogP contribution in [-0.4, -0.2) is 15.4 Å². The summed E-state index contributed by atoms with van der Waals surface area (Å²) in [6.07, 6.45) is 0. The summed E-state index contributed by atoms with van der Waals surface area (Å²) >= 11 is 4.55. The van der Waals surface area contributed by atoms with Gasteiger partial charge in [-0.1, -0.05) is 28.1 Å². The molecule has 2 aromatic rings. The standard InChI is InChI=1S/C11H8BrNO2S/c1-6-9(11(14)15)10(13-16-6)7-2-4-8(12)5-3-7/h2-5H,1H3,(H,14,15). The van der Waals surface area contributed by atoms with Gasteiger partial charge in [0.1, 0.15) is 5.56 Å². The number of rotatable bonds is 2. The maximum absolute atomic E-state index is 11.1. The number of aromatic nitrogens is 1. The molecule has 0 aliphatic rings. The van der Waals surface area contributed by atoms with Crippen molar-refractivity contribution in [1.29, 1.82) is 0 Å². The Morgan fingerprint density at radius 3 is 2.56 bits per heavy atom. The fourth-order valence-electron chi connectivity index (χ4n) is 1.43. The molecule has 0 unspecified atom stereocenters. The number of carboxylic acid groups (broad SMARTS) is 1. The van der Waals surface area contributed by atoms with Crippen LogP contribution in [0.25, 0.3) is 11.3 Å². The summed E-state index contributed by atoms with van der Waals surface area (Å²) in [6.45, 7) is 1.77. The average Bonchev–Trinajstić information content (AvgIpc) is 2.61. The Labute approximate surface area is 105 Å². The van der Waals surface area contributed by atoms with Crippen LogP contribution in [0.4, 0.5) is 0 Å². The smallest absolute Gasteiger partial charge is 0.339 e. The first-order valence-electron chi connectivity index (χ1n) is 4.55. The van der Waals surface area contributed by atoms with E-state index >= 15 is 0 Å². The Hall–Kier alpha value is -1.20. The zero-order valence-corrected chi connectivity index (χ0v) is 10.8. The number of aryl methyl sites for hydroxylation is 1. The highest BCUT2D eigenvalue weighted by molar-refractivity contribution is 9.10. The molecule has 0 aliphatic carbocycles. The SMILES string of the molecule is Cc1snc(-c2ccc(Br)cc2)c1C(=O)O. The molecule has 0 spiro atoms. The zero-order valence-electron chi connectivity index (χ0n) is 8.40. The van der Waals surface area contributed by atoms with E-state index in [1.165, 1.54) is 11.5 Å². The van der Waals surface area contributed by atoms with Gasteiger partial charge in [0.15, 0.2) is 0 Å². The summed E-state index contributed by atoms with van der Waals surface area (Å²) in [6, 6.07) is 7.45. The van der Waals surface area contributed by atoms with Gasteiger partial charge in [-0.05, 0) is 30.6 Å². The number of nitrogens with zero attached hydrogens (tertiary/aromatic N) is 1. The van der Waals surface area contributed by atoms with Gasteiger partial charge in [-0.2, -0.15) is 4.37 Å². The largest absolute Gasteiger partial charge is 0.478 e. The minimum Gasteiger partial charge on any atom is -0.478 e. The van der Waals surface area contributed by atoms with E-state index in [-0.39, 0.29) is 0 Å². The third kappa shape index (κ3) is 2.01. The number of carboxylic acids is 1. The van der Waals surface area contributed by atoms with Gasteiger partial charge < -0.3 is 5.11 Å². The molecule has 5 heteroatoms. The third-order valence-electron chi connectivity index (χ3n) is 2.19. The normalized spacial score (nSPS) is 10.4. The second-order valence-corrected chi connectivity index (χ2v) is 5.17. The van der Waals surface area contributed by atoms with Crippen molar-refractivity contribution in [2.45, 2.75) is 6.92 Å². The summed E-state index contributed by atoms with van der Waals surface area (Å²) in [4.78, 5) is 11.8. The van der Waals surface area contributed by atoms with Gasteiger partial charge in [0.25, 0.3) is 0 Å². The number of hydrogen-bond acceptors (Lipinski definition) is 3. The van der Waals surface area contributed by atoms with Crippen molar-refractivity contribution in [2.75, 3.05) is 0 Å².